The number of rotatable bonds is 4. The van der Waals surface area contributed by atoms with Crippen molar-refractivity contribution in [2.24, 2.45) is 0 Å². The molecule has 0 aliphatic rings. The maximum atomic E-state index is 11.5. The SMILES string of the molecule is CN(C)c1ccc(S(=O)(=O)CCO)cc1. The zero-order valence-corrected chi connectivity index (χ0v) is 9.66. The molecule has 0 amide bonds. The van der Waals surface area contributed by atoms with Gasteiger partial charge in [0.1, 0.15) is 0 Å². The third kappa shape index (κ3) is 2.94. The van der Waals surface area contributed by atoms with Gasteiger partial charge in [-0.3, -0.25) is 0 Å². The smallest absolute Gasteiger partial charge is 0.180 e. The fraction of sp³-hybridized carbons (Fsp3) is 0.400. The topological polar surface area (TPSA) is 57.6 Å². The Morgan fingerprint density at radius 1 is 1.20 bits per heavy atom. The van der Waals surface area contributed by atoms with Gasteiger partial charge in [-0.2, -0.15) is 0 Å². The van der Waals surface area contributed by atoms with Crippen molar-refractivity contribution in [2.45, 2.75) is 4.90 Å². The fourth-order valence-corrected chi connectivity index (χ4v) is 2.22. The number of aliphatic hydroxyl groups excluding tert-OH is 1. The molecule has 0 spiro atoms. The largest absolute Gasteiger partial charge is 0.395 e. The fourth-order valence-electron chi connectivity index (χ4n) is 1.19. The molecule has 4 nitrogen and oxygen atoms in total. The van der Waals surface area contributed by atoms with Crippen LogP contribution < -0.4 is 4.90 Å². The number of nitrogens with zero attached hydrogens (tertiary/aromatic N) is 1. The number of hydrogen-bond donors (Lipinski definition) is 1. The molecule has 0 aliphatic heterocycles. The van der Waals surface area contributed by atoms with Crippen molar-refractivity contribution in [1.29, 1.82) is 0 Å². The first-order valence-electron chi connectivity index (χ1n) is 4.58. The lowest BCUT2D eigenvalue weighted by atomic mass is 10.3. The predicted molar refractivity (Wildman–Crippen MR) is 59.9 cm³/mol. The highest BCUT2D eigenvalue weighted by Gasteiger charge is 2.13. The summed E-state index contributed by atoms with van der Waals surface area (Å²) in [7, 11) is 0.451. The van der Waals surface area contributed by atoms with E-state index in [4.69, 9.17) is 5.11 Å². The van der Waals surface area contributed by atoms with Gasteiger partial charge in [-0.15, -0.1) is 0 Å². The van der Waals surface area contributed by atoms with Crippen LogP contribution in [0.5, 0.6) is 0 Å². The van der Waals surface area contributed by atoms with Crippen molar-refractivity contribution < 1.29 is 13.5 Å². The average Bonchev–Trinajstić information content (AvgIpc) is 2.18. The van der Waals surface area contributed by atoms with E-state index in [-0.39, 0.29) is 17.3 Å². The zero-order chi connectivity index (χ0) is 11.5. The van der Waals surface area contributed by atoms with Gasteiger partial charge in [0.2, 0.25) is 0 Å². The average molecular weight is 229 g/mol. The molecule has 0 bridgehead atoms. The van der Waals surface area contributed by atoms with E-state index in [1.165, 1.54) is 0 Å². The number of sulfone groups is 1. The van der Waals surface area contributed by atoms with Crippen LogP contribution in [0.2, 0.25) is 0 Å². The molecule has 1 N–H and O–H groups in total. The molecule has 0 fully saturated rings. The molecule has 0 heterocycles. The first-order chi connectivity index (χ1) is 6.97. The van der Waals surface area contributed by atoms with E-state index in [0.29, 0.717) is 0 Å². The minimum absolute atomic E-state index is 0.228. The van der Waals surface area contributed by atoms with E-state index in [1.807, 2.05) is 19.0 Å². The van der Waals surface area contributed by atoms with Crippen LogP contribution in [0.1, 0.15) is 0 Å². The van der Waals surface area contributed by atoms with Gasteiger partial charge >= 0.3 is 0 Å². The summed E-state index contributed by atoms with van der Waals surface area (Å²) in [6.45, 7) is -0.349. The molecule has 0 aromatic heterocycles. The highest BCUT2D eigenvalue weighted by Crippen LogP contribution is 2.16. The van der Waals surface area contributed by atoms with E-state index < -0.39 is 9.84 Å². The number of anilines is 1. The highest BCUT2D eigenvalue weighted by molar-refractivity contribution is 7.91. The lowest BCUT2D eigenvalue weighted by molar-refractivity contribution is 0.319. The number of aliphatic hydroxyl groups is 1. The van der Waals surface area contributed by atoms with Crippen LogP contribution in [0, 0.1) is 0 Å². The Hall–Kier alpha value is -1.07. The number of benzene rings is 1. The van der Waals surface area contributed by atoms with Gasteiger partial charge in [-0.05, 0) is 24.3 Å². The van der Waals surface area contributed by atoms with Gasteiger partial charge in [0, 0.05) is 19.8 Å². The Morgan fingerprint density at radius 2 is 1.73 bits per heavy atom. The maximum absolute atomic E-state index is 11.5. The predicted octanol–water partition coefficient (Wildman–Crippen LogP) is 0.519. The van der Waals surface area contributed by atoms with Gasteiger partial charge < -0.3 is 10.0 Å². The van der Waals surface area contributed by atoms with Crippen molar-refractivity contribution in [3.63, 3.8) is 0 Å². The second-order valence-corrected chi connectivity index (χ2v) is 5.54. The molecule has 0 atom stereocenters. The van der Waals surface area contributed by atoms with Crippen LogP contribution in [0.15, 0.2) is 29.2 Å². The van der Waals surface area contributed by atoms with Crippen LogP contribution in [0.25, 0.3) is 0 Å². The van der Waals surface area contributed by atoms with Crippen molar-refractivity contribution >= 4 is 15.5 Å². The molecule has 5 heteroatoms. The summed E-state index contributed by atoms with van der Waals surface area (Å²) >= 11 is 0. The lowest BCUT2D eigenvalue weighted by Crippen LogP contribution is -2.11. The Labute approximate surface area is 90.1 Å². The van der Waals surface area contributed by atoms with Crippen molar-refractivity contribution in [1.82, 2.24) is 0 Å². The Balaban J connectivity index is 2.99. The molecule has 1 aromatic rings. The third-order valence-corrected chi connectivity index (χ3v) is 3.78. The van der Waals surface area contributed by atoms with Crippen LogP contribution in [-0.4, -0.2) is 40.0 Å². The Bertz CT molecular complexity index is 409. The molecular formula is C10H15NO3S. The Kier molecular flexibility index (Phi) is 3.71. The summed E-state index contributed by atoms with van der Waals surface area (Å²) in [5.74, 6) is -0.228. The monoisotopic (exact) mass is 229 g/mol. The van der Waals surface area contributed by atoms with Crippen molar-refractivity contribution in [3.05, 3.63) is 24.3 Å². The molecule has 84 valence electrons. The minimum atomic E-state index is -3.32. The molecule has 0 unspecified atom stereocenters. The van der Waals surface area contributed by atoms with E-state index >= 15 is 0 Å². The lowest BCUT2D eigenvalue weighted by Gasteiger charge is -2.12. The molecule has 0 aliphatic carbocycles. The van der Waals surface area contributed by atoms with Crippen LogP contribution in [0.3, 0.4) is 0 Å². The van der Waals surface area contributed by atoms with Gasteiger partial charge in [-0.1, -0.05) is 0 Å². The van der Waals surface area contributed by atoms with Gasteiger partial charge in [0.15, 0.2) is 9.84 Å². The summed E-state index contributed by atoms with van der Waals surface area (Å²) in [6, 6.07) is 6.59. The van der Waals surface area contributed by atoms with Gasteiger partial charge in [0.25, 0.3) is 0 Å². The first-order valence-corrected chi connectivity index (χ1v) is 6.23. The molecular weight excluding hydrogens is 214 g/mol. The molecule has 0 saturated carbocycles. The summed E-state index contributed by atoms with van der Waals surface area (Å²) in [5, 5.41) is 8.62. The molecule has 15 heavy (non-hydrogen) atoms. The summed E-state index contributed by atoms with van der Waals surface area (Å²) < 4.78 is 23.1. The van der Waals surface area contributed by atoms with E-state index in [2.05, 4.69) is 0 Å². The summed E-state index contributed by atoms with van der Waals surface area (Å²) in [6.07, 6.45) is 0. The highest BCUT2D eigenvalue weighted by atomic mass is 32.2. The Morgan fingerprint density at radius 3 is 2.13 bits per heavy atom. The van der Waals surface area contributed by atoms with Crippen molar-refractivity contribution in [2.75, 3.05) is 31.4 Å². The van der Waals surface area contributed by atoms with Crippen LogP contribution >= 0.6 is 0 Å². The summed E-state index contributed by atoms with van der Waals surface area (Å²) in [4.78, 5) is 2.14. The molecule has 1 aromatic carbocycles. The number of hydrogen-bond acceptors (Lipinski definition) is 4. The van der Waals surface area contributed by atoms with Gasteiger partial charge in [-0.25, -0.2) is 8.42 Å². The standard InChI is InChI=1S/C10H15NO3S/c1-11(2)9-3-5-10(6-4-9)15(13,14)8-7-12/h3-6,12H,7-8H2,1-2H3. The molecule has 0 radical (unpaired) electrons. The van der Waals surface area contributed by atoms with E-state index in [0.717, 1.165) is 5.69 Å². The van der Waals surface area contributed by atoms with Crippen LogP contribution in [-0.2, 0) is 9.84 Å². The van der Waals surface area contributed by atoms with E-state index in [1.54, 1.807) is 24.3 Å². The second kappa shape index (κ2) is 4.63. The minimum Gasteiger partial charge on any atom is -0.395 e. The first kappa shape index (κ1) is 12.0. The molecule has 1 rings (SSSR count). The normalized spacial score (nSPS) is 11.4. The van der Waals surface area contributed by atoms with Crippen LogP contribution in [0.4, 0.5) is 5.69 Å². The third-order valence-electron chi connectivity index (χ3n) is 2.07. The molecule has 0 saturated heterocycles. The summed E-state index contributed by atoms with van der Waals surface area (Å²) in [5.41, 5.74) is 0.943. The van der Waals surface area contributed by atoms with Crippen molar-refractivity contribution in [3.8, 4) is 0 Å². The second-order valence-electron chi connectivity index (χ2n) is 3.43. The maximum Gasteiger partial charge on any atom is 0.180 e. The zero-order valence-electron chi connectivity index (χ0n) is 8.84. The van der Waals surface area contributed by atoms with Gasteiger partial charge in [0.05, 0.1) is 17.3 Å². The van der Waals surface area contributed by atoms with E-state index in [9.17, 15) is 8.42 Å². The quantitative estimate of drug-likeness (QED) is 0.817.